The molecular weight excluding hydrogens is 266 g/mol. The number of nitrogens with one attached hydrogen (secondary N) is 1. The lowest BCUT2D eigenvalue weighted by atomic mass is 10.1. The zero-order chi connectivity index (χ0) is 15.4. The van der Waals surface area contributed by atoms with Crippen molar-refractivity contribution in [2.24, 2.45) is 7.05 Å². The number of benzene rings is 1. The molecule has 0 saturated heterocycles. The quantitative estimate of drug-likeness (QED) is 0.913. The molecule has 1 N–H and O–H groups in total. The van der Waals surface area contributed by atoms with Gasteiger partial charge in [0.2, 0.25) is 0 Å². The number of ether oxygens (including phenoxy) is 1. The fourth-order valence-corrected chi connectivity index (χ4v) is 2.10. The van der Waals surface area contributed by atoms with E-state index in [9.17, 15) is 4.79 Å². The summed E-state index contributed by atoms with van der Waals surface area (Å²) in [5.41, 5.74) is 2.22. The number of aryl methyl sites for hydroxylation is 1. The largest absolute Gasteiger partial charge is 0.496 e. The average molecular weight is 287 g/mol. The van der Waals surface area contributed by atoms with Gasteiger partial charge >= 0.3 is 0 Å². The number of aromatic nitrogens is 2. The van der Waals surface area contributed by atoms with Gasteiger partial charge in [-0.3, -0.25) is 4.79 Å². The van der Waals surface area contributed by atoms with Crippen molar-refractivity contribution in [1.82, 2.24) is 15.1 Å². The second kappa shape index (κ2) is 6.54. The van der Waals surface area contributed by atoms with Gasteiger partial charge in [0, 0.05) is 30.8 Å². The first-order valence-electron chi connectivity index (χ1n) is 6.97. The van der Waals surface area contributed by atoms with Crippen molar-refractivity contribution in [2.75, 3.05) is 7.11 Å². The van der Waals surface area contributed by atoms with E-state index in [0.29, 0.717) is 18.2 Å². The van der Waals surface area contributed by atoms with Crippen LogP contribution in [0.5, 0.6) is 5.75 Å². The molecule has 1 aromatic carbocycles. The number of nitrogens with zero attached hydrogens (tertiary/aromatic N) is 2. The highest BCUT2D eigenvalue weighted by molar-refractivity contribution is 5.67. The standard InChI is InChI=1S/C16H21N3O2/c1-11(2)17-10-12-9-14(18-19(3)16(12)20)13-7-5-6-8-15(13)21-4/h5-9,11,17H,10H2,1-4H3. The topological polar surface area (TPSA) is 56.1 Å². The van der Waals surface area contributed by atoms with E-state index in [4.69, 9.17) is 4.74 Å². The van der Waals surface area contributed by atoms with E-state index < -0.39 is 0 Å². The molecule has 0 radical (unpaired) electrons. The molecule has 0 aliphatic carbocycles. The Labute approximate surface area is 124 Å². The van der Waals surface area contributed by atoms with E-state index in [2.05, 4.69) is 10.4 Å². The number of methoxy groups -OCH3 is 1. The molecule has 112 valence electrons. The van der Waals surface area contributed by atoms with Gasteiger partial charge in [-0.1, -0.05) is 26.0 Å². The van der Waals surface area contributed by atoms with Crippen LogP contribution >= 0.6 is 0 Å². The third-order valence-electron chi connectivity index (χ3n) is 3.22. The molecule has 0 aliphatic heterocycles. The SMILES string of the molecule is COc1ccccc1-c1cc(CNC(C)C)c(=O)n(C)n1. The zero-order valence-corrected chi connectivity index (χ0v) is 12.9. The second-order valence-electron chi connectivity index (χ2n) is 5.22. The molecule has 5 nitrogen and oxygen atoms in total. The van der Waals surface area contributed by atoms with Crippen molar-refractivity contribution in [3.8, 4) is 17.0 Å². The van der Waals surface area contributed by atoms with Gasteiger partial charge in [0.25, 0.3) is 5.56 Å². The molecule has 2 rings (SSSR count). The van der Waals surface area contributed by atoms with Gasteiger partial charge in [0.05, 0.1) is 12.8 Å². The first-order valence-corrected chi connectivity index (χ1v) is 6.97. The van der Waals surface area contributed by atoms with Crippen molar-refractivity contribution in [3.05, 3.63) is 46.2 Å². The maximum absolute atomic E-state index is 12.1. The predicted molar refractivity (Wildman–Crippen MR) is 83.4 cm³/mol. The summed E-state index contributed by atoms with van der Waals surface area (Å²) in [5.74, 6) is 0.742. The number of hydrogen-bond acceptors (Lipinski definition) is 4. The molecule has 1 aromatic heterocycles. The van der Waals surface area contributed by atoms with Crippen LogP contribution in [0.4, 0.5) is 0 Å². The lowest BCUT2D eigenvalue weighted by Gasteiger charge is -2.12. The molecule has 21 heavy (non-hydrogen) atoms. The monoisotopic (exact) mass is 287 g/mol. The Kier molecular flexibility index (Phi) is 4.75. The minimum absolute atomic E-state index is 0.0817. The lowest BCUT2D eigenvalue weighted by Crippen LogP contribution is -2.30. The highest BCUT2D eigenvalue weighted by atomic mass is 16.5. The van der Waals surface area contributed by atoms with Crippen LogP contribution in [-0.4, -0.2) is 22.9 Å². The smallest absolute Gasteiger partial charge is 0.271 e. The van der Waals surface area contributed by atoms with Crippen molar-refractivity contribution < 1.29 is 4.74 Å². The van der Waals surface area contributed by atoms with Gasteiger partial charge in [0.1, 0.15) is 5.75 Å². The van der Waals surface area contributed by atoms with E-state index in [-0.39, 0.29) is 5.56 Å². The van der Waals surface area contributed by atoms with Crippen molar-refractivity contribution in [2.45, 2.75) is 26.4 Å². The summed E-state index contributed by atoms with van der Waals surface area (Å²) in [4.78, 5) is 12.1. The van der Waals surface area contributed by atoms with Crippen molar-refractivity contribution in [1.29, 1.82) is 0 Å². The lowest BCUT2D eigenvalue weighted by molar-refractivity contribution is 0.416. The number of para-hydroxylation sites is 1. The Morgan fingerprint density at radius 1 is 1.33 bits per heavy atom. The third kappa shape index (κ3) is 3.49. The Balaban J connectivity index is 2.48. The molecule has 2 aromatic rings. The summed E-state index contributed by atoms with van der Waals surface area (Å²) in [6.07, 6.45) is 0. The molecule has 0 amide bonds. The number of hydrogen-bond donors (Lipinski definition) is 1. The molecule has 0 saturated carbocycles. The molecule has 0 unspecified atom stereocenters. The molecule has 0 aliphatic rings. The van der Waals surface area contributed by atoms with E-state index in [1.165, 1.54) is 4.68 Å². The van der Waals surface area contributed by atoms with Crippen LogP contribution in [0.3, 0.4) is 0 Å². The molecule has 0 atom stereocenters. The summed E-state index contributed by atoms with van der Waals surface area (Å²) in [7, 11) is 3.29. The average Bonchev–Trinajstić information content (AvgIpc) is 2.48. The van der Waals surface area contributed by atoms with Crippen LogP contribution in [0.15, 0.2) is 35.1 Å². The summed E-state index contributed by atoms with van der Waals surface area (Å²) < 4.78 is 6.74. The van der Waals surface area contributed by atoms with Crippen LogP contribution in [0, 0.1) is 0 Å². The Hall–Kier alpha value is -2.14. The van der Waals surface area contributed by atoms with Gasteiger partial charge < -0.3 is 10.1 Å². The predicted octanol–water partition coefficient (Wildman–Crippen LogP) is 1.95. The van der Waals surface area contributed by atoms with Crippen LogP contribution in [-0.2, 0) is 13.6 Å². The molecular formula is C16H21N3O2. The fourth-order valence-electron chi connectivity index (χ4n) is 2.10. The minimum Gasteiger partial charge on any atom is -0.496 e. The van der Waals surface area contributed by atoms with E-state index in [0.717, 1.165) is 17.0 Å². The van der Waals surface area contributed by atoms with Crippen LogP contribution in [0.2, 0.25) is 0 Å². The minimum atomic E-state index is -0.0817. The molecule has 1 heterocycles. The molecule has 0 spiro atoms. The van der Waals surface area contributed by atoms with Crippen molar-refractivity contribution >= 4 is 0 Å². The third-order valence-corrected chi connectivity index (χ3v) is 3.22. The van der Waals surface area contributed by atoms with E-state index in [1.54, 1.807) is 14.2 Å². The normalized spacial score (nSPS) is 10.9. The summed E-state index contributed by atoms with van der Waals surface area (Å²) in [6, 6.07) is 9.80. The van der Waals surface area contributed by atoms with Crippen LogP contribution in [0.1, 0.15) is 19.4 Å². The van der Waals surface area contributed by atoms with E-state index in [1.807, 2.05) is 44.2 Å². The Morgan fingerprint density at radius 3 is 2.71 bits per heavy atom. The first-order chi connectivity index (χ1) is 10.0. The number of rotatable bonds is 5. The Morgan fingerprint density at radius 2 is 2.05 bits per heavy atom. The summed E-state index contributed by atoms with van der Waals surface area (Å²) in [6.45, 7) is 4.62. The van der Waals surface area contributed by atoms with Gasteiger partial charge in [-0.25, -0.2) is 4.68 Å². The van der Waals surface area contributed by atoms with Gasteiger partial charge in [-0.05, 0) is 18.2 Å². The molecule has 0 fully saturated rings. The van der Waals surface area contributed by atoms with Crippen LogP contribution < -0.4 is 15.6 Å². The summed E-state index contributed by atoms with van der Waals surface area (Å²) in [5, 5.41) is 7.60. The summed E-state index contributed by atoms with van der Waals surface area (Å²) >= 11 is 0. The molecule has 5 heteroatoms. The van der Waals surface area contributed by atoms with Gasteiger partial charge in [-0.15, -0.1) is 0 Å². The maximum atomic E-state index is 12.1. The van der Waals surface area contributed by atoms with Crippen molar-refractivity contribution in [3.63, 3.8) is 0 Å². The Bertz CT molecular complexity index is 677. The maximum Gasteiger partial charge on any atom is 0.271 e. The zero-order valence-electron chi connectivity index (χ0n) is 12.9. The van der Waals surface area contributed by atoms with E-state index >= 15 is 0 Å². The molecule has 0 bridgehead atoms. The highest BCUT2D eigenvalue weighted by Crippen LogP contribution is 2.27. The van der Waals surface area contributed by atoms with Gasteiger partial charge in [0.15, 0.2) is 0 Å². The fraction of sp³-hybridized carbons (Fsp3) is 0.375. The van der Waals surface area contributed by atoms with Gasteiger partial charge in [-0.2, -0.15) is 5.10 Å². The second-order valence-corrected chi connectivity index (χ2v) is 5.22. The highest BCUT2D eigenvalue weighted by Gasteiger charge is 2.11. The van der Waals surface area contributed by atoms with Crippen LogP contribution in [0.25, 0.3) is 11.3 Å². The first kappa shape index (κ1) is 15.3.